The number of thiocarbonyl (C=S) groups is 1. The van der Waals surface area contributed by atoms with Gasteiger partial charge in [0, 0.05) is 11.5 Å². The smallest absolute Gasteiger partial charge is 0.218 e. The van der Waals surface area contributed by atoms with Crippen LogP contribution in [0.15, 0.2) is 22.7 Å². The molecule has 0 radical (unpaired) electrons. The maximum atomic E-state index is 12.0. The van der Waals surface area contributed by atoms with Crippen molar-refractivity contribution in [3.63, 3.8) is 0 Å². The number of nitrogens with zero attached hydrogens (tertiary/aromatic N) is 1. The molecule has 0 fully saturated rings. The summed E-state index contributed by atoms with van der Waals surface area (Å²) in [5.41, 5.74) is 5.86. The first kappa shape index (κ1) is 15.8. The van der Waals surface area contributed by atoms with Gasteiger partial charge in [0.1, 0.15) is 0 Å². The van der Waals surface area contributed by atoms with Crippen molar-refractivity contribution in [1.29, 1.82) is 0 Å². The number of benzene rings is 1. The molecule has 0 saturated heterocycles. The van der Waals surface area contributed by atoms with Gasteiger partial charge in [-0.05, 0) is 27.6 Å². The van der Waals surface area contributed by atoms with E-state index in [-0.39, 0.29) is 17.3 Å². The van der Waals surface area contributed by atoms with Gasteiger partial charge in [-0.2, -0.15) is 4.31 Å². The van der Waals surface area contributed by atoms with E-state index in [1.165, 1.54) is 7.05 Å². The largest absolute Gasteiger partial charge is 0.392 e. The summed E-state index contributed by atoms with van der Waals surface area (Å²) in [5, 5.41) is 0.393. The van der Waals surface area contributed by atoms with Gasteiger partial charge in [-0.15, -0.1) is 0 Å². The van der Waals surface area contributed by atoms with Crippen LogP contribution in [0.5, 0.6) is 0 Å². The Morgan fingerprint density at radius 2 is 2.17 bits per heavy atom. The fourth-order valence-electron chi connectivity index (χ4n) is 1.28. The van der Waals surface area contributed by atoms with Crippen LogP contribution in [-0.2, 0) is 15.8 Å². The molecule has 0 unspecified atom stereocenters. The number of halogens is 2. The molecule has 0 bridgehead atoms. The molecule has 0 amide bonds. The summed E-state index contributed by atoms with van der Waals surface area (Å²) in [7, 11) is -2.06. The zero-order valence-electron chi connectivity index (χ0n) is 9.56. The first-order chi connectivity index (χ1) is 8.24. The molecule has 18 heavy (non-hydrogen) atoms. The molecule has 1 aromatic carbocycles. The predicted octanol–water partition coefficient (Wildman–Crippen LogP) is 2.15. The number of nitrogens with two attached hydrogens (primary N) is 1. The summed E-state index contributed by atoms with van der Waals surface area (Å²) in [6.45, 7) is 0.0172. The molecule has 0 atom stereocenters. The van der Waals surface area contributed by atoms with Gasteiger partial charge in [0.15, 0.2) is 0 Å². The fraction of sp³-hybridized carbons (Fsp3) is 0.300. The van der Waals surface area contributed by atoms with E-state index < -0.39 is 10.0 Å². The monoisotopic (exact) mass is 370 g/mol. The van der Waals surface area contributed by atoms with Crippen LogP contribution in [-0.4, -0.2) is 31.3 Å². The summed E-state index contributed by atoms with van der Waals surface area (Å²) in [6, 6.07) is 5.14. The van der Waals surface area contributed by atoms with E-state index in [9.17, 15) is 8.42 Å². The van der Waals surface area contributed by atoms with Crippen LogP contribution in [0.1, 0.15) is 5.56 Å². The average Bonchev–Trinajstić information content (AvgIpc) is 2.23. The van der Waals surface area contributed by atoms with Gasteiger partial charge in [0.2, 0.25) is 10.0 Å². The molecule has 0 saturated carbocycles. The van der Waals surface area contributed by atoms with Gasteiger partial charge in [0.05, 0.1) is 22.3 Å². The molecule has 2 N–H and O–H groups in total. The molecule has 100 valence electrons. The Balaban J connectivity index is 2.96. The summed E-state index contributed by atoms with van der Waals surface area (Å²) in [6.07, 6.45) is 0. The molecular weight excluding hydrogens is 360 g/mol. The van der Waals surface area contributed by atoms with Crippen LogP contribution in [0, 0.1) is 0 Å². The van der Waals surface area contributed by atoms with Crippen molar-refractivity contribution in [3.8, 4) is 0 Å². The topological polar surface area (TPSA) is 63.4 Å². The van der Waals surface area contributed by atoms with Crippen LogP contribution < -0.4 is 5.73 Å². The minimum absolute atomic E-state index is 0.0172. The van der Waals surface area contributed by atoms with Crippen molar-refractivity contribution in [1.82, 2.24) is 4.31 Å². The maximum absolute atomic E-state index is 12.0. The van der Waals surface area contributed by atoms with Crippen LogP contribution in [0.4, 0.5) is 0 Å². The van der Waals surface area contributed by atoms with E-state index in [0.717, 1.165) is 4.31 Å². The maximum Gasteiger partial charge on any atom is 0.218 e. The molecule has 4 nitrogen and oxygen atoms in total. The van der Waals surface area contributed by atoms with Crippen LogP contribution in [0.25, 0.3) is 0 Å². The molecule has 1 aromatic rings. The van der Waals surface area contributed by atoms with E-state index in [0.29, 0.717) is 15.1 Å². The van der Waals surface area contributed by atoms with E-state index >= 15 is 0 Å². The highest BCUT2D eigenvalue weighted by atomic mass is 79.9. The van der Waals surface area contributed by atoms with Gasteiger partial charge in [-0.25, -0.2) is 8.42 Å². The Morgan fingerprint density at radius 3 is 2.72 bits per heavy atom. The first-order valence-corrected chi connectivity index (χ1v) is 8.08. The molecule has 0 spiro atoms. The molecule has 0 aliphatic rings. The zero-order chi connectivity index (χ0) is 13.9. The third-order valence-corrected chi connectivity index (χ3v) is 5.44. The van der Waals surface area contributed by atoms with E-state index in [1.54, 1.807) is 18.2 Å². The summed E-state index contributed by atoms with van der Waals surface area (Å²) in [5.74, 6) is -0.190. The number of rotatable bonds is 5. The highest BCUT2D eigenvalue weighted by molar-refractivity contribution is 9.10. The number of likely N-dealkylation sites (N-methyl/N-ethyl adjacent to an activating group) is 1. The van der Waals surface area contributed by atoms with Gasteiger partial charge >= 0.3 is 0 Å². The number of hydrogen-bond acceptors (Lipinski definition) is 3. The van der Waals surface area contributed by atoms with Crippen molar-refractivity contribution in [2.75, 3.05) is 13.6 Å². The Bertz CT molecular complexity index is 563. The summed E-state index contributed by atoms with van der Waals surface area (Å²) < 4.78 is 25.9. The highest BCUT2D eigenvalue weighted by Crippen LogP contribution is 2.27. The van der Waals surface area contributed by atoms with Gasteiger partial charge < -0.3 is 5.73 Å². The van der Waals surface area contributed by atoms with Crippen LogP contribution >= 0.6 is 39.7 Å². The lowest BCUT2D eigenvalue weighted by Gasteiger charge is -2.17. The Kier molecular flexibility index (Phi) is 5.54. The third kappa shape index (κ3) is 4.17. The molecule has 0 aliphatic heterocycles. The molecule has 0 heterocycles. The standard InChI is InChI=1S/C10H12BrClN2O2S2/c1-14(5-9(13)17)18(15,16)6-7-3-2-4-8(11)10(7)12/h2-4H,5-6H2,1H3,(H2,13,17). The van der Waals surface area contributed by atoms with Crippen molar-refractivity contribution >= 4 is 54.8 Å². The molecule has 1 rings (SSSR count). The SMILES string of the molecule is CN(CC(N)=S)S(=O)(=O)Cc1cccc(Br)c1Cl. The van der Waals surface area contributed by atoms with E-state index in [4.69, 9.17) is 17.3 Å². The second-order valence-corrected chi connectivity index (χ2v) is 7.52. The molecular formula is C10H12BrClN2O2S2. The average molecular weight is 372 g/mol. The van der Waals surface area contributed by atoms with Crippen molar-refractivity contribution in [2.24, 2.45) is 5.73 Å². The molecule has 8 heteroatoms. The normalized spacial score (nSPS) is 11.8. The van der Waals surface area contributed by atoms with Gasteiger partial charge in [-0.1, -0.05) is 36.0 Å². The van der Waals surface area contributed by atoms with Gasteiger partial charge in [0.25, 0.3) is 0 Å². The van der Waals surface area contributed by atoms with Crippen molar-refractivity contribution < 1.29 is 8.42 Å². The lowest BCUT2D eigenvalue weighted by Crippen LogP contribution is -2.35. The fourth-order valence-corrected chi connectivity index (χ4v) is 3.43. The minimum atomic E-state index is -3.49. The second-order valence-electron chi connectivity index (χ2n) is 3.69. The number of sulfonamides is 1. The van der Waals surface area contributed by atoms with Gasteiger partial charge in [-0.3, -0.25) is 0 Å². The Morgan fingerprint density at radius 1 is 1.56 bits per heavy atom. The Labute approximate surface area is 125 Å². The Hall–Kier alpha value is -0.210. The number of hydrogen-bond donors (Lipinski definition) is 1. The van der Waals surface area contributed by atoms with Crippen molar-refractivity contribution in [3.05, 3.63) is 33.3 Å². The predicted molar refractivity (Wildman–Crippen MR) is 81.2 cm³/mol. The third-order valence-electron chi connectivity index (χ3n) is 2.22. The lowest BCUT2D eigenvalue weighted by atomic mass is 10.2. The van der Waals surface area contributed by atoms with Crippen LogP contribution in [0.2, 0.25) is 5.02 Å². The van der Waals surface area contributed by atoms with E-state index in [2.05, 4.69) is 28.1 Å². The highest BCUT2D eigenvalue weighted by Gasteiger charge is 2.20. The quantitative estimate of drug-likeness (QED) is 0.806. The molecule has 0 aromatic heterocycles. The second kappa shape index (κ2) is 6.29. The van der Waals surface area contributed by atoms with Crippen molar-refractivity contribution in [2.45, 2.75) is 5.75 Å². The summed E-state index contributed by atoms with van der Waals surface area (Å²) in [4.78, 5) is 0.126. The molecule has 0 aliphatic carbocycles. The lowest BCUT2D eigenvalue weighted by molar-refractivity contribution is 0.505. The van der Waals surface area contributed by atoms with Crippen LogP contribution in [0.3, 0.4) is 0 Å². The first-order valence-electron chi connectivity index (χ1n) is 4.89. The summed E-state index contributed by atoms with van der Waals surface area (Å²) >= 11 is 14.0. The minimum Gasteiger partial charge on any atom is -0.392 e. The zero-order valence-corrected chi connectivity index (χ0v) is 13.5. The van der Waals surface area contributed by atoms with E-state index in [1.807, 2.05) is 0 Å².